The van der Waals surface area contributed by atoms with E-state index in [1.165, 1.54) is 0 Å². The van der Waals surface area contributed by atoms with E-state index in [1.54, 1.807) is 30.5 Å². The Bertz CT molecular complexity index is 705. The zero-order valence-electron chi connectivity index (χ0n) is 14.9. The predicted molar refractivity (Wildman–Crippen MR) is 98.3 cm³/mol. The van der Waals surface area contributed by atoms with E-state index in [0.717, 1.165) is 24.4 Å². The van der Waals surface area contributed by atoms with E-state index in [9.17, 15) is 4.79 Å². The summed E-state index contributed by atoms with van der Waals surface area (Å²) in [5, 5.41) is 6.23. The van der Waals surface area contributed by atoms with Gasteiger partial charge in [-0.3, -0.25) is 4.98 Å². The molecule has 26 heavy (non-hydrogen) atoms. The number of hydrogen-bond donors (Lipinski definition) is 2. The number of nitrogens with zero attached hydrogens (tertiary/aromatic N) is 2. The first-order valence-electron chi connectivity index (χ1n) is 8.70. The maximum atomic E-state index is 12.6. The molecule has 1 aromatic heterocycles. The Kier molecular flexibility index (Phi) is 6.27. The molecule has 3 rings (SSSR count). The second-order valence-electron chi connectivity index (χ2n) is 6.04. The average molecular weight is 356 g/mol. The van der Waals surface area contributed by atoms with Crippen LogP contribution in [0.4, 0.5) is 4.79 Å². The Labute approximate surface area is 153 Å². The summed E-state index contributed by atoms with van der Waals surface area (Å²) < 4.78 is 11.3. The molecule has 1 aromatic carbocycles. The summed E-state index contributed by atoms with van der Waals surface area (Å²) in [5.74, 6) is 1.39. The third-order valence-electron chi connectivity index (χ3n) is 4.16. The maximum Gasteiger partial charge on any atom is 0.320 e. The Morgan fingerprint density at radius 1 is 1.27 bits per heavy atom. The van der Waals surface area contributed by atoms with Gasteiger partial charge in [0.2, 0.25) is 0 Å². The number of urea groups is 1. The standard InChI is InChI=1S/C19H24N4O3/c1-25-16-5-2-4-15(12-16)13-18(26-17-6-3-7-21-14-17)22-19(24)23-10-8-20-9-11-23/h2-7,12,14,18,20H,8-11,13H2,1H3,(H,22,24). The molecule has 7 nitrogen and oxygen atoms in total. The van der Waals surface area contributed by atoms with Gasteiger partial charge < -0.3 is 25.0 Å². The van der Waals surface area contributed by atoms with Gasteiger partial charge in [0.25, 0.3) is 0 Å². The number of carbonyl (C=O) groups excluding carboxylic acids is 1. The number of nitrogens with one attached hydrogen (secondary N) is 2. The van der Waals surface area contributed by atoms with E-state index in [1.807, 2.05) is 30.3 Å². The minimum absolute atomic E-state index is 0.122. The van der Waals surface area contributed by atoms with Crippen molar-refractivity contribution < 1.29 is 14.3 Å². The first-order chi connectivity index (χ1) is 12.7. The molecule has 0 bridgehead atoms. The van der Waals surface area contributed by atoms with Gasteiger partial charge in [-0.1, -0.05) is 12.1 Å². The zero-order chi connectivity index (χ0) is 18.2. The molecule has 7 heteroatoms. The summed E-state index contributed by atoms with van der Waals surface area (Å²) in [6, 6.07) is 11.2. The molecule has 2 N–H and O–H groups in total. The lowest BCUT2D eigenvalue weighted by Crippen LogP contribution is -2.53. The van der Waals surface area contributed by atoms with Gasteiger partial charge in [-0.05, 0) is 29.8 Å². The Balaban J connectivity index is 1.71. The summed E-state index contributed by atoms with van der Waals surface area (Å²) in [7, 11) is 1.63. The number of benzene rings is 1. The third kappa shape index (κ3) is 5.10. The van der Waals surface area contributed by atoms with Crippen LogP contribution in [0, 0.1) is 0 Å². The zero-order valence-corrected chi connectivity index (χ0v) is 14.9. The quantitative estimate of drug-likeness (QED) is 0.770. The summed E-state index contributed by atoms with van der Waals surface area (Å²) in [6.45, 7) is 2.98. The van der Waals surface area contributed by atoms with Crippen LogP contribution in [0.2, 0.25) is 0 Å². The number of methoxy groups -OCH3 is 1. The van der Waals surface area contributed by atoms with Gasteiger partial charge in [-0.2, -0.15) is 0 Å². The van der Waals surface area contributed by atoms with Gasteiger partial charge in [-0.15, -0.1) is 0 Å². The third-order valence-corrected chi connectivity index (χ3v) is 4.16. The number of amides is 2. The average Bonchev–Trinajstić information content (AvgIpc) is 2.69. The molecule has 0 aliphatic carbocycles. The monoisotopic (exact) mass is 356 g/mol. The highest BCUT2D eigenvalue weighted by molar-refractivity contribution is 5.74. The van der Waals surface area contributed by atoms with Crippen molar-refractivity contribution in [3.05, 3.63) is 54.4 Å². The van der Waals surface area contributed by atoms with E-state index in [2.05, 4.69) is 15.6 Å². The fraction of sp³-hybridized carbons (Fsp3) is 0.368. The van der Waals surface area contributed by atoms with Crippen LogP contribution in [0.5, 0.6) is 11.5 Å². The Morgan fingerprint density at radius 3 is 2.81 bits per heavy atom. The molecule has 2 aromatic rings. The molecule has 1 aliphatic rings. The number of rotatable bonds is 6. The first-order valence-corrected chi connectivity index (χ1v) is 8.70. The predicted octanol–water partition coefficient (Wildman–Crippen LogP) is 1.65. The fourth-order valence-corrected chi connectivity index (χ4v) is 2.81. The molecule has 2 heterocycles. The molecule has 2 amide bonds. The lowest BCUT2D eigenvalue weighted by molar-refractivity contribution is 0.139. The van der Waals surface area contributed by atoms with Crippen LogP contribution in [0.15, 0.2) is 48.8 Å². The van der Waals surface area contributed by atoms with E-state index in [4.69, 9.17) is 9.47 Å². The largest absolute Gasteiger partial charge is 0.497 e. The second-order valence-corrected chi connectivity index (χ2v) is 6.04. The molecule has 1 fully saturated rings. The van der Waals surface area contributed by atoms with Gasteiger partial charge in [-0.25, -0.2) is 4.79 Å². The molecule has 1 aliphatic heterocycles. The smallest absolute Gasteiger partial charge is 0.320 e. The molecule has 138 valence electrons. The van der Waals surface area contributed by atoms with Crippen molar-refractivity contribution in [2.24, 2.45) is 0 Å². The van der Waals surface area contributed by atoms with Crippen molar-refractivity contribution in [2.75, 3.05) is 33.3 Å². The second kappa shape index (κ2) is 9.05. The lowest BCUT2D eigenvalue weighted by atomic mass is 10.1. The Morgan fingerprint density at radius 2 is 2.08 bits per heavy atom. The molecule has 1 atom stereocenters. The fourth-order valence-electron chi connectivity index (χ4n) is 2.81. The van der Waals surface area contributed by atoms with E-state index in [0.29, 0.717) is 25.3 Å². The number of carbonyl (C=O) groups is 1. The normalized spacial score (nSPS) is 15.2. The number of hydrogen-bond acceptors (Lipinski definition) is 5. The van der Waals surface area contributed by atoms with Crippen LogP contribution >= 0.6 is 0 Å². The minimum Gasteiger partial charge on any atom is -0.497 e. The highest BCUT2D eigenvalue weighted by Crippen LogP contribution is 2.16. The maximum absolute atomic E-state index is 12.6. The van der Waals surface area contributed by atoms with Crippen molar-refractivity contribution >= 4 is 6.03 Å². The van der Waals surface area contributed by atoms with Crippen LogP contribution < -0.4 is 20.1 Å². The highest BCUT2D eigenvalue weighted by atomic mass is 16.5. The van der Waals surface area contributed by atoms with Gasteiger partial charge in [0, 0.05) is 38.8 Å². The van der Waals surface area contributed by atoms with Gasteiger partial charge >= 0.3 is 6.03 Å². The topological polar surface area (TPSA) is 75.7 Å². The summed E-state index contributed by atoms with van der Waals surface area (Å²) >= 11 is 0. The summed E-state index contributed by atoms with van der Waals surface area (Å²) in [4.78, 5) is 18.4. The number of aromatic nitrogens is 1. The number of ether oxygens (including phenoxy) is 2. The van der Waals surface area contributed by atoms with Crippen LogP contribution in [-0.2, 0) is 6.42 Å². The molecule has 0 saturated carbocycles. The van der Waals surface area contributed by atoms with Crippen LogP contribution in [0.1, 0.15) is 5.56 Å². The summed E-state index contributed by atoms with van der Waals surface area (Å²) in [5.41, 5.74) is 1.01. The van der Waals surface area contributed by atoms with Gasteiger partial charge in [0.1, 0.15) is 11.5 Å². The van der Waals surface area contributed by atoms with Crippen molar-refractivity contribution in [1.82, 2.24) is 20.5 Å². The summed E-state index contributed by atoms with van der Waals surface area (Å²) in [6.07, 6.45) is 3.33. The van der Waals surface area contributed by atoms with Gasteiger partial charge in [0.15, 0.2) is 6.23 Å². The minimum atomic E-state index is -0.506. The lowest BCUT2D eigenvalue weighted by Gasteiger charge is -2.30. The van der Waals surface area contributed by atoms with Crippen molar-refractivity contribution in [1.29, 1.82) is 0 Å². The molecule has 1 saturated heterocycles. The van der Waals surface area contributed by atoms with Crippen LogP contribution in [-0.4, -0.2) is 55.4 Å². The van der Waals surface area contributed by atoms with Crippen LogP contribution in [0.3, 0.4) is 0 Å². The van der Waals surface area contributed by atoms with Crippen molar-refractivity contribution in [3.8, 4) is 11.5 Å². The van der Waals surface area contributed by atoms with Gasteiger partial charge in [0.05, 0.1) is 13.3 Å². The molecular weight excluding hydrogens is 332 g/mol. The first kappa shape index (κ1) is 18.0. The molecule has 0 radical (unpaired) electrons. The van der Waals surface area contributed by atoms with E-state index < -0.39 is 6.23 Å². The molecular formula is C19H24N4O3. The molecule has 0 spiro atoms. The van der Waals surface area contributed by atoms with E-state index >= 15 is 0 Å². The number of pyridine rings is 1. The van der Waals surface area contributed by atoms with Crippen molar-refractivity contribution in [3.63, 3.8) is 0 Å². The SMILES string of the molecule is COc1cccc(CC(NC(=O)N2CCNCC2)Oc2cccnc2)c1. The number of piperazine rings is 1. The Hall–Kier alpha value is -2.80. The molecule has 1 unspecified atom stereocenters. The highest BCUT2D eigenvalue weighted by Gasteiger charge is 2.21. The van der Waals surface area contributed by atoms with Crippen LogP contribution in [0.25, 0.3) is 0 Å². The van der Waals surface area contributed by atoms with Crippen molar-refractivity contribution in [2.45, 2.75) is 12.6 Å². The van der Waals surface area contributed by atoms with E-state index in [-0.39, 0.29) is 6.03 Å².